The molecule has 2 heterocycles. The number of nitrogens with zero attached hydrogens (tertiary/aromatic N) is 1. The first-order valence-electron chi connectivity index (χ1n) is 8.99. The fourth-order valence-electron chi connectivity index (χ4n) is 4.79. The summed E-state index contributed by atoms with van der Waals surface area (Å²) >= 11 is 0. The van der Waals surface area contributed by atoms with Crippen molar-refractivity contribution in [1.82, 2.24) is 5.32 Å². The molecule has 3 atom stereocenters. The van der Waals surface area contributed by atoms with E-state index in [0.29, 0.717) is 6.04 Å². The van der Waals surface area contributed by atoms with Crippen LogP contribution in [0.5, 0.6) is 0 Å². The van der Waals surface area contributed by atoms with E-state index in [4.69, 9.17) is 0 Å². The lowest BCUT2D eigenvalue weighted by atomic mass is 9.77. The molecule has 1 aliphatic carbocycles. The molecule has 114 valence electrons. The highest BCUT2D eigenvalue weighted by Crippen LogP contribution is 2.33. The quantitative estimate of drug-likeness (QED) is 0.890. The molecule has 2 aliphatic heterocycles. The minimum atomic E-state index is 0.704. The number of piperidine rings is 1. The lowest BCUT2D eigenvalue weighted by molar-refractivity contribution is 0.177. The van der Waals surface area contributed by atoms with Crippen molar-refractivity contribution in [3.8, 4) is 0 Å². The molecular formula is C19H28N2. The summed E-state index contributed by atoms with van der Waals surface area (Å²) in [5, 5.41) is 3.99. The van der Waals surface area contributed by atoms with Gasteiger partial charge in [-0.25, -0.2) is 0 Å². The Morgan fingerprint density at radius 3 is 2.90 bits per heavy atom. The van der Waals surface area contributed by atoms with Crippen molar-refractivity contribution in [3.05, 3.63) is 29.8 Å². The third kappa shape index (κ3) is 2.83. The molecule has 2 heteroatoms. The fraction of sp³-hybridized carbons (Fsp3) is 0.684. The van der Waals surface area contributed by atoms with Gasteiger partial charge in [0.1, 0.15) is 0 Å². The Kier molecular flexibility index (Phi) is 3.89. The zero-order valence-corrected chi connectivity index (χ0v) is 13.1. The van der Waals surface area contributed by atoms with E-state index in [2.05, 4.69) is 34.5 Å². The second-order valence-corrected chi connectivity index (χ2v) is 7.27. The van der Waals surface area contributed by atoms with Crippen LogP contribution in [0.4, 0.5) is 5.69 Å². The highest BCUT2D eigenvalue weighted by atomic mass is 15.2. The first-order valence-corrected chi connectivity index (χ1v) is 8.99. The van der Waals surface area contributed by atoms with Crippen molar-refractivity contribution in [2.75, 3.05) is 18.0 Å². The molecule has 3 aliphatic rings. The average molecular weight is 284 g/mol. The topological polar surface area (TPSA) is 15.3 Å². The number of benzene rings is 1. The standard InChI is InChI=1S/C19H28N2/c1-3-9-18-15(6-1)11-12-17(20-18)14-21-13-5-8-16-7-2-4-10-19(16)21/h2,4,7,10,15,17-18,20H,1,3,5-6,8-9,11-14H2. The Morgan fingerprint density at radius 2 is 1.90 bits per heavy atom. The van der Waals surface area contributed by atoms with Crippen molar-refractivity contribution in [2.24, 2.45) is 5.92 Å². The van der Waals surface area contributed by atoms with Crippen LogP contribution < -0.4 is 10.2 Å². The third-order valence-electron chi connectivity index (χ3n) is 5.89. The first kappa shape index (κ1) is 13.6. The van der Waals surface area contributed by atoms with Crippen LogP contribution in [0.2, 0.25) is 0 Å². The van der Waals surface area contributed by atoms with Gasteiger partial charge in [0.2, 0.25) is 0 Å². The second-order valence-electron chi connectivity index (χ2n) is 7.27. The van der Waals surface area contributed by atoms with Gasteiger partial charge in [0, 0.05) is 30.9 Å². The van der Waals surface area contributed by atoms with Gasteiger partial charge in [-0.15, -0.1) is 0 Å². The van der Waals surface area contributed by atoms with E-state index >= 15 is 0 Å². The van der Waals surface area contributed by atoms with Crippen molar-refractivity contribution in [2.45, 2.75) is 63.5 Å². The second kappa shape index (κ2) is 6.00. The molecule has 0 spiro atoms. The molecule has 3 unspecified atom stereocenters. The molecule has 1 aromatic rings. The first-order chi connectivity index (χ1) is 10.4. The lowest BCUT2D eigenvalue weighted by Crippen LogP contribution is -2.53. The van der Waals surface area contributed by atoms with Crippen LogP contribution in [0, 0.1) is 5.92 Å². The van der Waals surface area contributed by atoms with E-state index in [1.165, 1.54) is 70.1 Å². The number of nitrogens with one attached hydrogen (secondary N) is 1. The van der Waals surface area contributed by atoms with Gasteiger partial charge in [-0.05, 0) is 56.1 Å². The van der Waals surface area contributed by atoms with Crippen LogP contribution in [-0.2, 0) is 6.42 Å². The molecule has 0 radical (unpaired) electrons. The number of anilines is 1. The summed E-state index contributed by atoms with van der Waals surface area (Å²) in [7, 11) is 0. The Labute approximate surface area is 128 Å². The van der Waals surface area contributed by atoms with Crippen LogP contribution in [0.3, 0.4) is 0 Å². The monoisotopic (exact) mass is 284 g/mol. The van der Waals surface area contributed by atoms with E-state index < -0.39 is 0 Å². The summed E-state index contributed by atoms with van der Waals surface area (Å²) < 4.78 is 0. The summed E-state index contributed by atoms with van der Waals surface area (Å²) in [5.41, 5.74) is 3.05. The van der Waals surface area contributed by atoms with Gasteiger partial charge in [0.25, 0.3) is 0 Å². The van der Waals surface area contributed by atoms with Gasteiger partial charge in [0.15, 0.2) is 0 Å². The van der Waals surface area contributed by atoms with Gasteiger partial charge in [0.05, 0.1) is 0 Å². The van der Waals surface area contributed by atoms with Crippen LogP contribution in [0.15, 0.2) is 24.3 Å². The summed E-state index contributed by atoms with van der Waals surface area (Å²) in [6.45, 7) is 2.45. The molecule has 1 saturated heterocycles. The van der Waals surface area contributed by atoms with E-state index in [9.17, 15) is 0 Å². The highest BCUT2D eigenvalue weighted by Gasteiger charge is 2.32. The van der Waals surface area contributed by atoms with Gasteiger partial charge in [-0.3, -0.25) is 0 Å². The van der Waals surface area contributed by atoms with E-state index in [0.717, 1.165) is 12.0 Å². The molecule has 0 bridgehead atoms. The number of rotatable bonds is 2. The van der Waals surface area contributed by atoms with Crippen molar-refractivity contribution >= 4 is 5.69 Å². The molecule has 2 fully saturated rings. The van der Waals surface area contributed by atoms with E-state index in [1.807, 2.05) is 0 Å². The lowest BCUT2D eigenvalue weighted by Gasteiger charge is -2.43. The molecule has 21 heavy (non-hydrogen) atoms. The van der Waals surface area contributed by atoms with Gasteiger partial charge in [-0.2, -0.15) is 0 Å². The molecule has 1 aromatic carbocycles. The van der Waals surface area contributed by atoms with Crippen molar-refractivity contribution < 1.29 is 0 Å². The number of para-hydroxylation sites is 1. The van der Waals surface area contributed by atoms with Crippen molar-refractivity contribution in [3.63, 3.8) is 0 Å². The predicted octanol–water partition coefficient (Wildman–Crippen LogP) is 3.75. The molecule has 1 N–H and O–H groups in total. The highest BCUT2D eigenvalue weighted by molar-refractivity contribution is 5.55. The largest absolute Gasteiger partial charge is 0.370 e. The SMILES string of the molecule is c1ccc2c(c1)CCCN2CC1CCC2CCCCC2N1. The Morgan fingerprint density at radius 1 is 1.00 bits per heavy atom. The molecule has 0 amide bonds. The fourth-order valence-corrected chi connectivity index (χ4v) is 4.79. The predicted molar refractivity (Wildman–Crippen MR) is 88.9 cm³/mol. The summed E-state index contributed by atoms with van der Waals surface area (Å²) in [6.07, 6.45) is 11.2. The maximum absolute atomic E-state index is 3.99. The smallest absolute Gasteiger partial charge is 0.0399 e. The van der Waals surface area contributed by atoms with Crippen LogP contribution >= 0.6 is 0 Å². The normalized spacial score (nSPS) is 32.4. The summed E-state index contributed by atoms with van der Waals surface area (Å²) in [4.78, 5) is 2.64. The summed E-state index contributed by atoms with van der Waals surface area (Å²) in [5.74, 6) is 0.976. The number of hydrogen-bond donors (Lipinski definition) is 1. The number of hydrogen-bond acceptors (Lipinski definition) is 2. The summed E-state index contributed by atoms with van der Waals surface area (Å²) in [6, 6.07) is 10.5. The minimum absolute atomic E-state index is 0.704. The average Bonchev–Trinajstić information content (AvgIpc) is 2.55. The Balaban J connectivity index is 1.43. The van der Waals surface area contributed by atoms with Gasteiger partial charge >= 0.3 is 0 Å². The van der Waals surface area contributed by atoms with Crippen molar-refractivity contribution in [1.29, 1.82) is 0 Å². The Hall–Kier alpha value is -1.02. The maximum Gasteiger partial charge on any atom is 0.0399 e. The molecule has 1 saturated carbocycles. The third-order valence-corrected chi connectivity index (χ3v) is 5.89. The number of aryl methyl sites for hydroxylation is 1. The Bertz CT molecular complexity index is 484. The van der Waals surface area contributed by atoms with E-state index in [1.54, 1.807) is 5.56 Å². The molecule has 4 rings (SSSR count). The van der Waals surface area contributed by atoms with Crippen LogP contribution in [0.25, 0.3) is 0 Å². The molecular weight excluding hydrogens is 256 g/mol. The van der Waals surface area contributed by atoms with E-state index in [-0.39, 0.29) is 0 Å². The molecule has 2 nitrogen and oxygen atoms in total. The number of fused-ring (bicyclic) bond motifs is 2. The molecule has 0 aromatic heterocycles. The van der Waals surface area contributed by atoms with Gasteiger partial charge in [-0.1, -0.05) is 31.0 Å². The van der Waals surface area contributed by atoms with Gasteiger partial charge < -0.3 is 10.2 Å². The minimum Gasteiger partial charge on any atom is -0.370 e. The van der Waals surface area contributed by atoms with Crippen LogP contribution in [0.1, 0.15) is 50.5 Å². The zero-order chi connectivity index (χ0) is 14.1. The maximum atomic E-state index is 3.99. The van der Waals surface area contributed by atoms with Crippen LogP contribution in [-0.4, -0.2) is 25.2 Å². The zero-order valence-electron chi connectivity index (χ0n) is 13.1.